The van der Waals surface area contributed by atoms with E-state index in [0.717, 1.165) is 11.8 Å². The van der Waals surface area contributed by atoms with E-state index in [1.165, 1.54) is 6.07 Å². The Morgan fingerprint density at radius 2 is 2.18 bits per heavy atom. The van der Waals surface area contributed by atoms with Gasteiger partial charge in [0.2, 0.25) is 5.91 Å². The van der Waals surface area contributed by atoms with Gasteiger partial charge in [0.15, 0.2) is 0 Å². The smallest absolute Gasteiger partial charge is 0.366 e. The molecule has 2 heterocycles. The van der Waals surface area contributed by atoms with Gasteiger partial charge in [-0.05, 0) is 25.0 Å². The van der Waals surface area contributed by atoms with Crippen LogP contribution in [0.25, 0.3) is 0 Å². The van der Waals surface area contributed by atoms with Gasteiger partial charge in [-0.2, -0.15) is 18.4 Å². The van der Waals surface area contributed by atoms with Crippen molar-refractivity contribution in [3.63, 3.8) is 0 Å². The first-order valence-corrected chi connectivity index (χ1v) is 6.79. The Kier molecular flexibility index (Phi) is 4.54. The summed E-state index contributed by atoms with van der Waals surface area (Å²) in [5, 5.41) is 11.8. The van der Waals surface area contributed by atoms with Crippen LogP contribution >= 0.6 is 0 Å². The zero-order valence-electron chi connectivity index (χ0n) is 11.9. The fourth-order valence-corrected chi connectivity index (χ4v) is 2.56. The average molecular weight is 312 g/mol. The first kappa shape index (κ1) is 16.1. The molecule has 118 valence electrons. The normalized spacial score (nSPS) is 22.0. The Hall–Kier alpha value is -2.30. The number of nitriles is 1. The van der Waals surface area contributed by atoms with Gasteiger partial charge in [0, 0.05) is 19.5 Å². The molecule has 1 fully saturated rings. The number of amides is 1. The second-order valence-electron chi connectivity index (χ2n) is 5.17. The summed E-state index contributed by atoms with van der Waals surface area (Å²) in [6, 6.07) is 4.64. The van der Waals surface area contributed by atoms with Crippen molar-refractivity contribution >= 4 is 11.7 Å². The number of halogens is 3. The summed E-state index contributed by atoms with van der Waals surface area (Å²) in [6.07, 6.45) is -4.30. The summed E-state index contributed by atoms with van der Waals surface area (Å²) in [5.41, 5.74) is 0.220. The highest BCUT2D eigenvalue weighted by Crippen LogP contribution is 2.32. The van der Waals surface area contributed by atoms with Crippen molar-refractivity contribution in [1.82, 2.24) is 9.88 Å². The molecule has 1 aliphatic rings. The zero-order chi connectivity index (χ0) is 16.3. The molecule has 0 radical (unpaired) electrons. The maximum atomic E-state index is 12.9. The number of hydrogen-bond donors (Lipinski definition) is 1. The monoisotopic (exact) mass is 312 g/mol. The van der Waals surface area contributed by atoms with E-state index in [9.17, 15) is 18.0 Å². The Bertz CT molecular complexity index is 596. The molecule has 1 aromatic heterocycles. The SMILES string of the molecule is CC(=O)N1CC(Nc2cccc(C#N)n2)CCC1C(F)(F)F. The summed E-state index contributed by atoms with van der Waals surface area (Å²) >= 11 is 0. The van der Waals surface area contributed by atoms with Crippen molar-refractivity contribution < 1.29 is 18.0 Å². The number of piperidine rings is 1. The van der Waals surface area contributed by atoms with Gasteiger partial charge in [-0.15, -0.1) is 0 Å². The highest BCUT2D eigenvalue weighted by Gasteiger charge is 2.47. The molecule has 2 rings (SSSR count). The highest BCUT2D eigenvalue weighted by molar-refractivity contribution is 5.74. The number of hydrogen-bond acceptors (Lipinski definition) is 4. The highest BCUT2D eigenvalue weighted by atomic mass is 19.4. The zero-order valence-corrected chi connectivity index (χ0v) is 11.9. The Morgan fingerprint density at radius 3 is 2.77 bits per heavy atom. The van der Waals surface area contributed by atoms with Gasteiger partial charge in [-0.3, -0.25) is 4.79 Å². The molecule has 1 N–H and O–H groups in total. The molecule has 2 unspecified atom stereocenters. The number of carbonyl (C=O) groups is 1. The third kappa shape index (κ3) is 3.67. The molecule has 1 aromatic rings. The van der Waals surface area contributed by atoms with Crippen LogP contribution in [-0.4, -0.2) is 40.6 Å². The number of aromatic nitrogens is 1. The third-order valence-corrected chi connectivity index (χ3v) is 3.58. The van der Waals surface area contributed by atoms with Crippen LogP contribution < -0.4 is 5.32 Å². The fourth-order valence-electron chi connectivity index (χ4n) is 2.56. The number of likely N-dealkylation sites (tertiary alicyclic amines) is 1. The molecule has 1 aliphatic heterocycles. The quantitative estimate of drug-likeness (QED) is 0.910. The summed E-state index contributed by atoms with van der Waals surface area (Å²) in [7, 11) is 0. The summed E-state index contributed by atoms with van der Waals surface area (Å²) < 4.78 is 38.8. The molecule has 0 spiro atoms. The van der Waals surface area contributed by atoms with Crippen molar-refractivity contribution in [3.05, 3.63) is 23.9 Å². The molecule has 0 bridgehead atoms. The maximum absolute atomic E-state index is 12.9. The number of nitrogens with zero attached hydrogens (tertiary/aromatic N) is 3. The minimum absolute atomic E-state index is 0.0437. The minimum Gasteiger partial charge on any atom is -0.366 e. The van der Waals surface area contributed by atoms with Gasteiger partial charge in [0.05, 0.1) is 0 Å². The van der Waals surface area contributed by atoms with Crippen LogP contribution in [0.15, 0.2) is 18.2 Å². The second-order valence-corrected chi connectivity index (χ2v) is 5.17. The topological polar surface area (TPSA) is 69.0 Å². The van der Waals surface area contributed by atoms with Crippen molar-refractivity contribution in [2.45, 2.75) is 38.0 Å². The van der Waals surface area contributed by atoms with Crippen LogP contribution in [0.5, 0.6) is 0 Å². The van der Waals surface area contributed by atoms with Gasteiger partial charge in [0.1, 0.15) is 23.6 Å². The largest absolute Gasteiger partial charge is 0.408 e. The molecular weight excluding hydrogens is 297 g/mol. The fraction of sp³-hybridized carbons (Fsp3) is 0.500. The van der Waals surface area contributed by atoms with Gasteiger partial charge in [-0.25, -0.2) is 4.98 Å². The summed E-state index contributed by atoms with van der Waals surface area (Å²) in [4.78, 5) is 16.4. The van der Waals surface area contributed by atoms with E-state index in [0.29, 0.717) is 5.82 Å². The van der Waals surface area contributed by atoms with E-state index in [4.69, 9.17) is 5.26 Å². The number of alkyl halides is 3. The van der Waals surface area contributed by atoms with E-state index < -0.39 is 18.1 Å². The molecule has 0 aromatic carbocycles. The van der Waals surface area contributed by atoms with E-state index in [1.54, 1.807) is 12.1 Å². The van der Waals surface area contributed by atoms with Crippen LogP contribution in [-0.2, 0) is 4.79 Å². The lowest BCUT2D eigenvalue weighted by molar-refractivity contribution is -0.195. The molecule has 0 saturated carbocycles. The molecule has 1 amide bonds. The van der Waals surface area contributed by atoms with Crippen molar-refractivity contribution in [3.8, 4) is 6.07 Å². The number of carbonyl (C=O) groups excluding carboxylic acids is 1. The number of pyridine rings is 1. The van der Waals surface area contributed by atoms with E-state index in [2.05, 4.69) is 10.3 Å². The summed E-state index contributed by atoms with van der Waals surface area (Å²) in [6.45, 7) is 1.09. The van der Waals surface area contributed by atoms with E-state index >= 15 is 0 Å². The summed E-state index contributed by atoms with van der Waals surface area (Å²) in [5.74, 6) is -0.189. The molecule has 0 aliphatic carbocycles. The number of nitrogens with one attached hydrogen (secondary N) is 1. The van der Waals surface area contributed by atoms with Gasteiger partial charge in [0.25, 0.3) is 0 Å². The van der Waals surface area contributed by atoms with Crippen LogP contribution in [0.1, 0.15) is 25.5 Å². The molecule has 5 nitrogen and oxygen atoms in total. The minimum atomic E-state index is -4.42. The van der Waals surface area contributed by atoms with Crippen LogP contribution in [0, 0.1) is 11.3 Å². The lowest BCUT2D eigenvalue weighted by Crippen LogP contribution is -2.55. The first-order chi connectivity index (χ1) is 10.3. The lowest BCUT2D eigenvalue weighted by atomic mass is 9.97. The predicted octanol–water partition coefficient (Wildman–Crippen LogP) is 2.31. The van der Waals surface area contributed by atoms with Crippen molar-refractivity contribution in [2.75, 3.05) is 11.9 Å². The second kappa shape index (κ2) is 6.22. The Labute approximate surface area is 125 Å². The lowest BCUT2D eigenvalue weighted by Gasteiger charge is -2.40. The Balaban J connectivity index is 2.09. The molecule has 2 atom stereocenters. The molecule has 8 heteroatoms. The van der Waals surface area contributed by atoms with E-state index in [-0.39, 0.29) is 31.1 Å². The number of rotatable bonds is 2. The van der Waals surface area contributed by atoms with Gasteiger partial charge >= 0.3 is 6.18 Å². The van der Waals surface area contributed by atoms with Crippen LogP contribution in [0.4, 0.5) is 19.0 Å². The van der Waals surface area contributed by atoms with E-state index in [1.807, 2.05) is 6.07 Å². The standard InChI is InChI=1S/C14H15F3N4O/c1-9(22)21-8-11(5-6-12(21)14(15,16)17)20-13-4-2-3-10(7-18)19-13/h2-4,11-12H,5-6,8H2,1H3,(H,19,20). The average Bonchev–Trinajstić information content (AvgIpc) is 2.46. The predicted molar refractivity (Wildman–Crippen MR) is 72.8 cm³/mol. The third-order valence-electron chi connectivity index (χ3n) is 3.58. The molecule has 22 heavy (non-hydrogen) atoms. The van der Waals surface area contributed by atoms with Gasteiger partial charge < -0.3 is 10.2 Å². The van der Waals surface area contributed by atoms with Crippen LogP contribution in [0.3, 0.4) is 0 Å². The van der Waals surface area contributed by atoms with Crippen LogP contribution in [0.2, 0.25) is 0 Å². The molecular formula is C14H15F3N4O. The Morgan fingerprint density at radius 1 is 1.45 bits per heavy atom. The van der Waals surface area contributed by atoms with Crippen molar-refractivity contribution in [1.29, 1.82) is 5.26 Å². The maximum Gasteiger partial charge on any atom is 0.408 e. The molecule has 1 saturated heterocycles. The van der Waals surface area contributed by atoms with Crippen molar-refractivity contribution in [2.24, 2.45) is 0 Å². The van der Waals surface area contributed by atoms with Gasteiger partial charge in [-0.1, -0.05) is 6.07 Å². The number of anilines is 1. The first-order valence-electron chi connectivity index (χ1n) is 6.79.